The van der Waals surface area contributed by atoms with Gasteiger partial charge in [-0.1, -0.05) is 98.5 Å². The molecule has 134 heavy (non-hydrogen) atoms. The van der Waals surface area contributed by atoms with Gasteiger partial charge in [0, 0.05) is 74.0 Å². The SMILES string of the molecule is CCCC[C@@H](CCO)Nc1nc(N)ncc1OCc1cc(C)nn1C.CCCC[C@@H](CCO)Nc1nc(N)ncc1OCc1ncc(C)c(OC)c1C.CCCC[C@@H](CO)Nc1nc(N)ncc1OCc1cc(C)nn1C.CCCC[C@@H](CO)Nc1nc(N)ncc1OCc1cccc(C(N)=O)n1.CCC[C@@H](CO)Nc1nc(N)ncc1OCc1ncc(C)c(OC)c1C.S.S.S.S.S. The Balaban J connectivity index is 0.000000830. The van der Waals surface area contributed by atoms with E-state index in [1.54, 1.807) is 66.7 Å². The number of aliphatic hydroxyl groups excluding tert-OH is 5. The Morgan fingerprint density at radius 1 is 0.388 bits per heavy atom. The Labute approximate surface area is 821 Å². The van der Waals surface area contributed by atoms with Crippen LogP contribution in [-0.2, 0) is 47.1 Å². The van der Waals surface area contributed by atoms with Crippen LogP contribution in [0.2, 0.25) is 0 Å². The molecule has 0 aliphatic rings. The van der Waals surface area contributed by atoms with Crippen molar-refractivity contribution in [1.82, 2.24) is 84.4 Å². The average molecular weight is 1960 g/mol. The van der Waals surface area contributed by atoms with Gasteiger partial charge in [-0.25, -0.2) is 29.9 Å². The first kappa shape index (κ1) is 121. The van der Waals surface area contributed by atoms with Crippen LogP contribution in [0.5, 0.6) is 40.2 Å². The van der Waals surface area contributed by atoms with Crippen LogP contribution in [-0.4, -0.2) is 193 Å². The van der Waals surface area contributed by atoms with Crippen LogP contribution in [0.3, 0.4) is 0 Å². The second kappa shape index (κ2) is 65.5. The third-order valence-corrected chi connectivity index (χ3v) is 20.1. The molecule has 0 bridgehead atoms. The van der Waals surface area contributed by atoms with Gasteiger partial charge in [0.1, 0.15) is 50.2 Å². The number of amides is 1. The van der Waals surface area contributed by atoms with E-state index >= 15 is 0 Å². The van der Waals surface area contributed by atoms with E-state index in [1.807, 2.05) is 67.8 Å². The third kappa shape index (κ3) is 41.0. The molecule has 0 fully saturated rings. The molecule has 46 heteroatoms. The first-order valence-corrected chi connectivity index (χ1v) is 43.4. The van der Waals surface area contributed by atoms with E-state index in [-0.39, 0.29) is 186 Å². The highest BCUT2D eigenvalue weighted by Gasteiger charge is 2.23. The Morgan fingerprint density at radius 3 is 0.963 bits per heavy atom. The lowest BCUT2D eigenvalue weighted by Gasteiger charge is -2.20. The molecule has 10 aromatic rings. The van der Waals surface area contributed by atoms with Gasteiger partial charge < -0.3 is 120 Å². The van der Waals surface area contributed by atoms with Crippen molar-refractivity contribution in [3.8, 4) is 40.2 Å². The largest absolute Gasteiger partial charge is 0.496 e. The Hall–Kier alpha value is -11.1. The average Bonchev–Trinajstić information content (AvgIpc) is 1.10. The summed E-state index contributed by atoms with van der Waals surface area (Å²) in [6.45, 7) is 23.7. The number of hydrogen-bond acceptors (Lipinski definition) is 38. The molecule has 0 saturated heterocycles. The first-order chi connectivity index (χ1) is 62.1. The number of unbranched alkanes of at least 4 members (excludes halogenated alkanes) is 4. The van der Waals surface area contributed by atoms with E-state index in [0.29, 0.717) is 89.6 Å². The van der Waals surface area contributed by atoms with Gasteiger partial charge in [-0.05, 0) is 111 Å². The lowest BCUT2D eigenvalue weighted by atomic mass is 10.1. The number of nitrogen functional groups attached to an aromatic ring is 5. The van der Waals surface area contributed by atoms with E-state index in [4.69, 9.17) is 67.6 Å². The van der Waals surface area contributed by atoms with Gasteiger partial charge in [0.2, 0.25) is 29.7 Å². The van der Waals surface area contributed by atoms with Gasteiger partial charge in [0.15, 0.2) is 57.8 Å². The standard InChI is InChI=1S/C20H31N5O3.C18H27N5O3.C17H24N6O3.C17H28N6O2.C16H26N6O2.5H2S/c1-5-6-7-15(8-9-26)24-19-17(11-23-20(21)25-19)28-12-16-14(3)18(27-4)13(2)10-22-16;1-5-6-13(9-24)22-17-15(8-21-18(19)23-17)26-10-14-12(3)16(25-4)11(2)7-20-14;1-2-3-5-11(9-24)22-16-14(8-20-17(19)23-16)26-10-12-6-4-7-13(21-12)15(18)25;1-4-5-6-13(7-8-24)20-16-15(10-19-17(18)21-16)25-11-14-9-12(2)22-23(14)3;1-4-5-6-12(9-23)19-15-14(8-18-16(17)20-15)24-10-13-7-11(2)21-22(13)3;;;;;/h10-11,15,26H,5-9,12H2,1-4H3,(H3,21,23,24,25);7-8,13,24H,5-6,9-10H2,1-4H3,(H3,19,21,22,23);4,6-8,11,24H,2-3,5,9-10H2,1H3,(H2,18,25)(H3,19,20,22,23);9-10,13,24H,4-8,11H2,1-3H3,(H3,18,19,20,21);7-8,12,23H,4-6,9-10H2,1-3H3,(H3,17,18,19,20);5*1H2/t15-;13-;11-;13-;12-;;;;;/m00000...../s1. The number of aromatic nitrogens is 17. The number of nitrogens with two attached hydrogens (primary N) is 6. The first-order valence-electron chi connectivity index (χ1n) is 43.4. The Bertz CT molecular complexity index is 5020. The quantitative estimate of drug-likeness (QED) is 0.0168. The number of pyridine rings is 3. The van der Waals surface area contributed by atoms with Crippen molar-refractivity contribution in [3.63, 3.8) is 0 Å². The number of ether oxygens (including phenoxy) is 7. The fourth-order valence-electron chi connectivity index (χ4n) is 13.1. The monoisotopic (exact) mass is 1960 g/mol. The number of anilines is 10. The zero-order chi connectivity index (χ0) is 94.3. The number of aliphatic hydroxyl groups is 5. The van der Waals surface area contributed by atoms with E-state index < -0.39 is 5.91 Å². The number of carbonyl (C=O) groups is 1. The Kier molecular flexibility index (Phi) is 59.1. The molecule has 0 aliphatic carbocycles. The van der Waals surface area contributed by atoms with Gasteiger partial charge in [0.05, 0.1) is 123 Å². The van der Waals surface area contributed by atoms with Crippen LogP contribution >= 0.6 is 67.5 Å². The number of rotatable bonds is 49. The summed E-state index contributed by atoms with van der Waals surface area (Å²) < 4.78 is 43.7. The maximum atomic E-state index is 11.2. The van der Waals surface area contributed by atoms with Crippen molar-refractivity contribution >= 4 is 132 Å². The molecule has 746 valence electrons. The smallest absolute Gasteiger partial charge is 0.267 e. The fraction of sp³-hybridized carbons (Fsp3) is 0.523. The molecule has 10 heterocycles. The highest BCUT2D eigenvalue weighted by atomic mass is 32.1. The molecule has 10 aromatic heterocycles. The highest BCUT2D eigenvalue weighted by molar-refractivity contribution is 7.60. The summed E-state index contributed by atoms with van der Waals surface area (Å²) in [6, 6.07) is 8.67. The molecule has 0 aromatic carbocycles. The van der Waals surface area contributed by atoms with E-state index in [2.05, 4.69) is 136 Å². The Morgan fingerprint density at radius 2 is 0.687 bits per heavy atom. The minimum absolute atomic E-state index is 0. The number of nitrogens with zero attached hydrogens (tertiary/aromatic N) is 17. The maximum absolute atomic E-state index is 11.2. The second-order valence-corrected chi connectivity index (χ2v) is 30.6. The van der Waals surface area contributed by atoms with Gasteiger partial charge in [-0.2, -0.15) is 103 Å². The molecule has 22 N–H and O–H groups in total. The summed E-state index contributed by atoms with van der Waals surface area (Å²) in [7, 11) is 7.04. The van der Waals surface area contributed by atoms with Crippen LogP contribution in [0.1, 0.15) is 210 Å². The van der Waals surface area contributed by atoms with Gasteiger partial charge in [-0.3, -0.25) is 24.1 Å². The number of hydrogen-bond donors (Lipinski definition) is 16. The van der Waals surface area contributed by atoms with Crippen LogP contribution in [0.4, 0.5) is 58.8 Å². The zero-order valence-corrected chi connectivity index (χ0v) is 84.8. The van der Waals surface area contributed by atoms with Crippen molar-refractivity contribution in [2.45, 2.75) is 242 Å². The number of nitrogens with one attached hydrogen (secondary N) is 5. The second-order valence-electron chi connectivity index (χ2n) is 30.6. The van der Waals surface area contributed by atoms with Gasteiger partial charge in [0.25, 0.3) is 5.91 Å². The summed E-state index contributed by atoms with van der Waals surface area (Å²) in [4.78, 5) is 65.3. The lowest BCUT2D eigenvalue weighted by molar-refractivity contribution is 0.0995. The lowest BCUT2D eigenvalue weighted by Crippen LogP contribution is -2.25. The topological polar surface area (TPSA) is 602 Å². The molecule has 1 amide bonds. The maximum Gasteiger partial charge on any atom is 0.267 e. The summed E-state index contributed by atoms with van der Waals surface area (Å²) in [5.74, 6) is 6.55. The molecule has 41 nitrogen and oxygen atoms in total. The fourth-order valence-corrected chi connectivity index (χ4v) is 13.1. The van der Waals surface area contributed by atoms with Crippen molar-refractivity contribution in [3.05, 3.63) is 142 Å². The molecule has 5 atom stereocenters. The van der Waals surface area contributed by atoms with Crippen molar-refractivity contribution in [1.29, 1.82) is 0 Å². The van der Waals surface area contributed by atoms with Gasteiger partial charge in [-0.15, -0.1) is 0 Å². The molecule has 0 aliphatic heterocycles. The summed E-state index contributed by atoms with van der Waals surface area (Å²) in [5.41, 5.74) is 43.6. The number of methoxy groups -OCH3 is 2. The number of aryl methyl sites for hydroxylation is 6. The van der Waals surface area contributed by atoms with E-state index in [9.17, 15) is 30.3 Å². The number of primary amides is 1. The summed E-state index contributed by atoms with van der Waals surface area (Å²) in [6.07, 6.45) is 26.1. The molecule has 0 saturated carbocycles. The predicted molar refractivity (Wildman–Crippen MR) is 550 cm³/mol. The molecular formula is C88H146N28O13S5. The minimum atomic E-state index is -0.605. The van der Waals surface area contributed by atoms with E-state index in [0.717, 1.165) is 158 Å². The number of carbonyl (C=O) groups excluding carboxylic acids is 1. The zero-order valence-electron chi connectivity index (χ0n) is 79.8. The summed E-state index contributed by atoms with van der Waals surface area (Å²) >= 11 is 0. The van der Waals surface area contributed by atoms with Crippen LogP contribution in [0, 0.1) is 41.5 Å². The molecule has 0 radical (unpaired) electrons. The van der Waals surface area contributed by atoms with E-state index in [1.165, 1.54) is 18.5 Å². The normalized spacial score (nSPS) is 11.5. The molecule has 0 unspecified atom stereocenters. The third-order valence-electron chi connectivity index (χ3n) is 20.1. The van der Waals surface area contributed by atoms with Crippen LogP contribution < -0.4 is 94.1 Å². The van der Waals surface area contributed by atoms with Crippen LogP contribution in [0.25, 0.3) is 0 Å². The van der Waals surface area contributed by atoms with Crippen molar-refractivity contribution < 1.29 is 63.5 Å². The van der Waals surface area contributed by atoms with Crippen LogP contribution in [0.15, 0.2) is 73.7 Å². The summed E-state index contributed by atoms with van der Waals surface area (Å²) in [5, 5.41) is 72.0. The minimum Gasteiger partial charge on any atom is -0.496 e. The highest BCUT2D eigenvalue weighted by Crippen LogP contribution is 2.33. The predicted octanol–water partition coefficient (Wildman–Crippen LogP) is 10.6. The molecule has 10 rings (SSSR count). The van der Waals surface area contributed by atoms with Gasteiger partial charge >= 0.3 is 0 Å². The molecule has 0 spiro atoms. The van der Waals surface area contributed by atoms with Crippen molar-refractivity contribution in [2.75, 3.05) is 103 Å². The molecular weight excluding hydrogens is 1820 g/mol. The van der Waals surface area contributed by atoms with Crippen molar-refractivity contribution in [2.24, 2.45) is 19.8 Å².